The summed E-state index contributed by atoms with van der Waals surface area (Å²) < 4.78 is 24.2. The van der Waals surface area contributed by atoms with Gasteiger partial charge in [-0.15, -0.1) is 0 Å². The highest BCUT2D eigenvalue weighted by atomic mass is 19.1. The Morgan fingerprint density at radius 3 is 2.42 bits per heavy atom. The Balaban J connectivity index is 1.32. The van der Waals surface area contributed by atoms with Gasteiger partial charge in [0.05, 0.1) is 18.6 Å². The third kappa shape index (κ3) is 6.50. The molecule has 2 aromatic carbocycles. The number of amides is 3. The predicted molar refractivity (Wildman–Crippen MR) is 144 cm³/mol. The van der Waals surface area contributed by atoms with Gasteiger partial charge in [0.2, 0.25) is 5.91 Å². The number of nitrogens with zero attached hydrogens (tertiary/aromatic N) is 3. The Kier molecular flexibility index (Phi) is 8.42. The van der Waals surface area contributed by atoms with E-state index in [1.54, 1.807) is 35.2 Å². The van der Waals surface area contributed by atoms with Gasteiger partial charge in [-0.05, 0) is 60.9 Å². The number of ether oxygens (including phenoxy) is 1. The van der Waals surface area contributed by atoms with Gasteiger partial charge >= 0.3 is 0 Å². The molecule has 210 valence electrons. The topological polar surface area (TPSA) is 105 Å². The normalized spacial score (nSPS) is 18.0. The number of para-hydroxylation sites is 1. The zero-order chi connectivity index (χ0) is 28.0. The quantitative estimate of drug-likeness (QED) is 0.535. The highest BCUT2D eigenvalue weighted by Crippen LogP contribution is 2.36. The summed E-state index contributed by atoms with van der Waals surface area (Å²) in [7, 11) is 0. The second-order valence-electron chi connectivity index (χ2n) is 10.5. The number of piperidine rings is 1. The van der Waals surface area contributed by atoms with Crippen molar-refractivity contribution >= 4 is 17.7 Å². The molecule has 0 bridgehead atoms. The van der Waals surface area contributed by atoms with Crippen molar-refractivity contribution in [1.29, 1.82) is 0 Å². The average molecular weight is 549 g/mol. The monoisotopic (exact) mass is 548 g/mol. The van der Waals surface area contributed by atoms with Crippen molar-refractivity contribution < 1.29 is 27.9 Å². The van der Waals surface area contributed by atoms with Gasteiger partial charge in [-0.2, -0.15) is 0 Å². The minimum absolute atomic E-state index is 0.0101. The number of oxazole rings is 1. The van der Waals surface area contributed by atoms with E-state index >= 15 is 0 Å². The number of halogens is 1. The van der Waals surface area contributed by atoms with Crippen LogP contribution in [-0.4, -0.2) is 71.8 Å². The number of rotatable bonds is 3. The first kappa shape index (κ1) is 27.4. The van der Waals surface area contributed by atoms with Crippen LogP contribution in [0.15, 0.2) is 65.6 Å². The Bertz CT molecular complexity index is 1320. The fourth-order valence-corrected chi connectivity index (χ4v) is 5.38. The number of likely N-dealkylation sites (tertiary alicyclic amines) is 1. The van der Waals surface area contributed by atoms with Crippen LogP contribution in [-0.2, 0) is 11.2 Å². The van der Waals surface area contributed by atoms with Crippen molar-refractivity contribution in [2.75, 3.05) is 39.3 Å². The van der Waals surface area contributed by atoms with Gasteiger partial charge < -0.3 is 24.3 Å². The van der Waals surface area contributed by atoms with Crippen LogP contribution in [0.2, 0.25) is 0 Å². The number of fused-ring (bicyclic) bond motifs is 1. The third-order valence-electron chi connectivity index (χ3n) is 7.88. The minimum Gasteiger partial charge on any atom is -0.493 e. The summed E-state index contributed by atoms with van der Waals surface area (Å²) in [6.45, 7) is 2.76. The standard InChI is InChI=1S/C30H33FN4O5/c31-23-8-6-22(7-9-23)18-27(36)34-14-10-30(11-15-34)12-16-35(29(38)25-19-39-21-33-25)13-3-17-40-26-5-2-1-4-24(26)28(37)32-20-30/h1-2,4-9,19,21H,3,10-18,20H2,(H,32,37). The molecule has 9 nitrogen and oxygen atoms in total. The van der Waals surface area contributed by atoms with Crippen LogP contribution >= 0.6 is 0 Å². The van der Waals surface area contributed by atoms with Crippen molar-refractivity contribution in [3.8, 4) is 5.75 Å². The van der Waals surface area contributed by atoms with E-state index in [-0.39, 0.29) is 41.1 Å². The van der Waals surface area contributed by atoms with E-state index in [2.05, 4.69) is 10.3 Å². The fraction of sp³-hybridized carbons (Fsp3) is 0.400. The number of nitrogens with one attached hydrogen (secondary N) is 1. The summed E-state index contributed by atoms with van der Waals surface area (Å²) in [4.78, 5) is 47.1. The number of hydrogen-bond acceptors (Lipinski definition) is 6. The van der Waals surface area contributed by atoms with Crippen molar-refractivity contribution in [2.24, 2.45) is 5.41 Å². The number of benzene rings is 2. The van der Waals surface area contributed by atoms with Crippen LogP contribution in [0, 0.1) is 11.2 Å². The molecule has 10 heteroatoms. The molecule has 1 spiro atoms. The molecule has 3 aromatic rings. The van der Waals surface area contributed by atoms with Crippen molar-refractivity contribution in [3.63, 3.8) is 0 Å². The molecule has 0 atom stereocenters. The van der Waals surface area contributed by atoms with Gasteiger partial charge in [-0.3, -0.25) is 14.4 Å². The molecule has 40 heavy (non-hydrogen) atoms. The zero-order valence-electron chi connectivity index (χ0n) is 22.3. The lowest BCUT2D eigenvalue weighted by atomic mass is 9.75. The molecule has 0 radical (unpaired) electrons. The van der Waals surface area contributed by atoms with Crippen LogP contribution in [0.3, 0.4) is 0 Å². The first-order valence-corrected chi connectivity index (χ1v) is 13.6. The number of aromatic nitrogens is 1. The Hall–Kier alpha value is -4.21. The third-order valence-corrected chi connectivity index (χ3v) is 7.88. The lowest BCUT2D eigenvalue weighted by molar-refractivity contribution is -0.132. The van der Waals surface area contributed by atoms with Crippen molar-refractivity contribution in [2.45, 2.75) is 32.1 Å². The lowest BCUT2D eigenvalue weighted by Gasteiger charge is -2.43. The van der Waals surface area contributed by atoms with E-state index in [0.29, 0.717) is 76.3 Å². The Morgan fingerprint density at radius 1 is 0.975 bits per heavy atom. The van der Waals surface area contributed by atoms with E-state index < -0.39 is 0 Å². The lowest BCUT2D eigenvalue weighted by Crippen LogP contribution is -2.49. The molecule has 0 saturated carbocycles. The van der Waals surface area contributed by atoms with Crippen LogP contribution in [0.1, 0.15) is 52.1 Å². The van der Waals surface area contributed by atoms with E-state index in [4.69, 9.17) is 9.15 Å². The summed E-state index contributed by atoms with van der Waals surface area (Å²) >= 11 is 0. The van der Waals surface area contributed by atoms with E-state index in [1.165, 1.54) is 24.8 Å². The second-order valence-corrected chi connectivity index (χ2v) is 10.5. The SMILES string of the molecule is O=C1NCC2(CCN(C(=O)Cc3ccc(F)cc3)CC2)CCN(C(=O)c2cocn2)CCCOc2ccccc21. The molecular weight excluding hydrogens is 515 g/mol. The second kappa shape index (κ2) is 12.3. The largest absolute Gasteiger partial charge is 0.493 e. The summed E-state index contributed by atoms with van der Waals surface area (Å²) in [5.41, 5.74) is 1.18. The molecule has 0 unspecified atom stereocenters. The first-order chi connectivity index (χ1) is 19.4. The Labute approximate surface area is 232 Å². The predicted octanol–water partition coefficient (Wildman–Crippen LogP) is 3.71. The molecular formula is C30H33FN4O5. The van der Waals surface area contributed by atoms with Crippen LogP contribution in [0.4, 0.5) is 4.39 Å². The van der Waals surface area contributed by atoms with E-state index in [0.717, 1.165) is 5.56 Å². The molecule has 1 saturated heterocycles. The van der Waals surface area contributed by atoms with Gasteiger partial charge in [-0.25, -0.2) is 9.37 Å². The summed E-state index contributed by atoms with van der Waals surface area (Å²) in [6, 6.07) is 13.1. The molecule has 0 aliphatic carbocycles. The molecule has 1 aromatic heterocycles. The number of hydrogen-bond donors (Lipinski definition) is 1. The van der Waals surface area contributed by atoms with Crippen LogP contribution in [0.25, 0.3) is 0 Å². The van der Waals surface area contributed by atoms with Crippen molar-refractivity contribution in [1.82, 2.24) is 20.1 Å². The maximum atomic E-state index is 13.3. The molecule has 1 N–H and O–H groups in total. The van der Waals surface area contributed by atoms with Crippen LogP contribution in [0.5, 0.6) is 5.75 Å². The zero-order valence-corrected chi connectivity index (χ0v) is 22.3. The Morgan fingerprint density at radius 2 is 1.70 bits per heavy atom. The minimum atomic E-state index is -0.332. The van der Waals surface area contributed by atoms with Gasteiger partial charge in [0.15, 0.2) is 12.1 Å². The highest BCUT2D eigenvalue weighted by molar-refractivity contribution is 5.97. The molecule has 2 aliphatic rings. The van der Waals surface area contributed by atoms with Crippen molar-refractivity contribution in [3.05, 3.63) is 83.8 Å². The summed E-state index contributed by atoms with van der Waals surface area (Å²) in [5, 5.41) is 3.11. The van der Waals surface area contributed by atoms with Gasteiger partial charge in [0.25, 0.3) is 11.8 Å². The maximum absolute atomic E-state index is 13.3. The van der Waals surface area contributed by atoms with E-state index in [9.17, 15) is 18.8 Å². The molecule has 1 fully saturated rings. The van der Waals surface area contributed by atoms with Gasteiger partial charge in [0.1, 0.15) is 17.8 Å². The van der Waals surface area contributed by atoms with Gasteiger partial charge in [0, 0.05) is 32.7 Å². The fourth-order valence-electron chi connectivity index (χ4n) is 5.38. The summed E-state index contributed by atoms with van der Waals surface area (Å²) in [6.07, 6.45) is 5.37. The van der Waals surface area contributed by atoms with Gasteiger partial charge in [-0.1, -0.05) is 24.3 Å². The van der Waals surface area contributed by atoms with Crippen LogP contribution < -0.4 is 10.1 Å². The maximum Gasteiger partial charge on any atom is 0.275 e. The average Bonchev–Trinajstić information content (AvgIpc) is 3.52. The summed E-state index contributed by atoms with van der Waals surface area (Å²) in [5.74, 6) is -0.260. The molecule has 3 heterocycles. The molecule has 3 amide bonds. The number of carbonyl (C=O) groups is 3. The van der Waals surface area contributed by atoms with E-state index in [1.807, 2.05) is 11.0 Å². The smallest absolute Gasteiger partial charge is 0.275 e. The molecule has 5 rings (SSSR count). The molecule has 2 aliphatic heterocycles. The first-order valence-electron chi connectivity index (χ1n) is 13.6. The highest BCUT2D eigenvalue weighted by Gasteiger charge is 2.37. The number of carbonyl (C=O) groups excluding carboxylic acids is 3.